The summed E-state index contributed by atoms with van der Waals surface area (Å²) in [5, 5.41) is 9.15. The van der Waals surface area contributed by atoms with Crippen LogP contribution in [0.2, 0.25) is 0 Å². The molecule has 2 fully saturated rings. The number of halogens is 9. The van der Waals surface area contributed by atoms with Crippen LogP contribution >= 0.6 is 0 Å². The minimum atomic E-state index is -6.27. The molecule has 0 bridgehead atoms. The molecule has 0 amide bonds. The lowest BCUT2D eigenvalue weighted by Gasteiger charge is -2.41. The van der Waals surface area contributed by atoms with Crippen molar-refractivity contribution in [1.29, 1.82) is 0 Å². The molecule has 0 aromatic carbocycles. The summed E-state index contributed by atoms with van der Waals surface area (Å²) < 4.78 is 124. The normalized spacial score (nSPS) is 31.9. The Morgan fingerprint density at radius 2 is 1.09 bits per heavy atom. The van der Waals surface area contributed by atoms with Crippen molar-refractivity contribution in [3.05, 3.63) is 0 Å². The Morgan fingerprint density at radius 3 is 1.41 bits per heavy atom. The van der Waals surface area contributed by atoms with Crippen LogP contribution in [-0.4, -0.2) is 40.8 Å². The summed E-state index contributed by atoms with van der Waals surface area (Å²) in [6, 6.07) is 0. The molecule has 1 spiro atoms. The van der Waals surface area contributed by atoms with Crippen molar-refractivity contribution in [2.24, 2.45) is 0 Å². The van der Waals surface area contributed by atoms with Crippen LogP contribution in [0.5, 0.6) is 0 Å². The van der Waals surface area contributed by atoms with Crippen molar-refractivity contribution in [3.8, 4) is 0 Å². The van der Waals surface area contributed by atoms with Crippen molar-refractivity contribution in [3.63, 3.8) is 0 Å². The predicted octanol–water partition coefficient (Wildman–Crippen LogP) is 3.42. The molecule has 2 rings (SSSR count). The lowest BCUT2D eigenvalue weighted by atomic mass is 9.80. The van der Waals surface area contributed by atoms with Gasteiger partial charge in [-0.3, -0.25) is 4.74 Å². The highest BCUT2D eigenvalue weighted by molar-refractivity contribution is 5.17. The molecule has 0 aromatic heterocycles. The Hall–Kier alpha value is -0.750. The molecule has 1 aliphatic carbocycles. The molecule has 130 valence electrons. The maximum Gasteiger partial charge on any atom is 0.473 e. The summed E-state index contributed by atoms with van der Waals surface area (Å²) in [6.07, 6.45) is -21.0. The van der Waals surface area contributed by atoms with Gasteiger partial charge in [0.15, 0.2) is 0 Å². The molecular weight excluding hydrogens is 339 g/mol. The zero-order chi connectivity index (χ0) is 17.2. The Balaban J connectivity index is 2.69. The zero-order valence-electron chi connectivity index (χ0n) is 10.5. The predicted molar refractivity (Wildman–Crippen MR) is 49.2 cm³/mol. The quantitative estimate of drug-likeness (QED) is 0.682. The first-order chi connectivity index (χ1) is 9.62. The van der Waals surface area contributed by atoms with Crippen LogP contribution in [0, 0.1) is 0 Å². The maximum absolute atomic E-state index is 13.1. The Bertz CT molecular complexity index is 432. The molecular formula is C10H9F9O3. The van der Waals surface area contributed by atoms with E-state index in [4.69, 9.17) is 5.11 Å². The molecule has 1 unspecified atom stereocenters. The molecule has 3 nitrogen and oxygen atoms in total. The van der Waals surface area contributed by atoms with Gasteiger partial charge in [-0.1, -0.05) is 12.8 Å². The van der Waals surface area contributed by atoms with Crippen molar-refractivity contribution in [2.75, 3.05) is 0 Å². The third kappa shape index (κ3) is 2.03. The summed E-state index contributed by atoms with van der Waals surface area (Å²) in [7, 11) is 0. The molecule has 0 radical (unpaired) electrons. The fourth-order valence-electron chi connectivity index (χ4n) is 2.97. The monoisotopic (exact) mass is 348 g/mol. The Morgan fingerprint density at radius 1 is 0.682 bits per heavy atom. The summed E-state index contributed by atoms with van der Waals surface area (Å²) >= 11 is 0. The molecule has 1 aliphatic heterocycles. The third-order valence-electron chi connectivity index (χ3n) is 3.83. The first-order valence-corrected chi connectivity index (χ1v) is 5.95. The number of hydrogen-bond donors (Lipinski definition) is 1. The largest absolute Gasteiger partial charge is 0.473 e. The van der Waals surface area contributed by atoms with E-state index in [1.165, 1.54) is 0 Å². The van der Waals surface area contributed by atoms with Gasteiger partial charge >= 0.3 is 24.5 Å². The third-order valence-corrected chi connectivity index (χ3v) is 3.83. The highest BCUT2D eigenvalue weighted by Crippen LogP contribution is 2.65. The molecule has 0 aromatic rings. The van der Waals surface area contributed by atoms with Crippen LogP contribution in [0.3, 0.4) is 0 Å². The van der Waals surface area contributed by atoms with Crippen LogP contribution in [0.15, 0.2) is 0 Å². The number of aliphatic hydroxyl groups is 1. The van der Waals surface area contributed by atoms with Gasteiger partial charge < -0.3 is 9.84 Å². The first kappa shape index (κ1) is 17.6. The van der Waals surface area contributed by atoms with Crippen molar-refractivity contribution in [2.45, 2.75) is 61.4 Å². The van der Waals surface area contributed by atoms with E-state index in [0.717, 1.165) is 0 Å². The summed E-state index contributed by atoms with van der Waals surface area (Å²) in [5.74, 6) is -4.98. The lowest BCUT2D eigenvalue weighted by molar-refractivity contribution is -0.475. The van der Waals surface area contributed by atoms with Gasteiger partial charge in [-0.2, -0.15) is 39.5 Å². The minimum Gasteiger partial charge on any atom is -0.336 e. The fourth-order valence-corrected chi connectivity index (χ4v) is 2.97. The second kappa shape index (κ2) is 4.41. The first-order valence-electron chi connectivity index (χ1n) is 5.95. The van der Waals surface area contributed by atoms with E-state index in [1.54, 1.807) is 0 Å². The molecule has 2 aliphatic rings. The molecule has 1 saturated heterocycles. The van der Waals surface area contributed by atoms with Crippen LogP contribution in [0.4, 0.5) is 39.5 Å². The van der Waals surface area contributed by atoms with Crippen LogP contribution in [0.25, 0.3) is 0 Å². The summed E-state index contributed by atoms with van der Waals surface area (Å²) in [4.78, 5) is 0. The molecule has 1 heterocycles. The van der Waals surface area contributed by atoms with E-state index < -0.39 is 48.5 Å². The fraction of sp³-hybridized carbons (Fsp3) is 1.00. The standard InChI is InChI=1S/C10H9F9O3/c11-7(12,13)6(8(14,15)16)5(3-1-2-4-5)21-10(20,22-6)9(17,18)19/h20H,1-4H2. The average Bonchev–Trinajstić information content (AvgIpc) is 2.80. The maximum atomic E-state index is 13.1. The van der Waals surface area contributed by atoms with Gasteiger partial charge in [-0.05, 0) is 12.8 Å². The SMILES string of the molecule is OC1(C(F)(F)F)OC2(CCCC2)C(C(F)(F)F)(C(F)(F)F)O1. The van der Waals surface area contributed by atoms with Gasteiger partial charge in [0, 0.05) is 0 Å². The molecule has 1 atom stereocenters. The van der Waals surface area contributed by atoms with E-state index >= 15 is 0 Å². The minimum absolute atomic E-state index is 0.231. The second-order valence-electron chi connectivity index (χ2n) is 5.16. The lowest BCUT2D eigenvalue weighted by Crippen LogP contribution is -2.68. The average molecular weight is 348 g/mol. The van der Waals surface area contributed by atoms with Gasteiger partial charge in [0.25, 0.3) is 5.60 Å². The van der Waals surface area contributed by atoms with Crippen LogP contribution < -0.4 is 0 Å². The number of hydrogen-bond acceptors (Lipinski definition) is 3. The molecule has 12 heteroatoms. The Kier molecular flexibility index (Phi) is 3.53. The van der Waals surface area contributed by atoms with Crippen molar-refractivity contribution < 1.29 is 54.1 Å². The van der Waals surface area contributed by atoms with Gasteiger partial charge in [-0.25, -0.2) is 0 Å². The number of ether oxygens (including phenoxy) is 2. The van der Waals surface area contributed by atoms with Gasteiger partial charge in [0.05, 0.1) is 0 Å². The van der Waals surface area contributed by atoms with Gasteiger partial charge in [0.1, 0.15) is 5.60 Å². The summed E-state index contributed by atoms with van der Waals surface area (Å²) in [5.41, 5.74) is -8.64. The Labute approximate surface area is 117 Å². The van der Waals surface area contributed by atoms with Gasteiger partial charge in [0.2, 0.25) is 0 Å². The highest BCUT2D eigenvalue weighted by atomic mass is 19.4. The number of alkyl halides is 9. The topological polar surface area (TPSA) is 38.7 Å². The van der Waals surface area contributed by atoms with Crippen molar-refractivity contribution in [1.82, 2.24) is 0 Å². The number of rotatable bonds is 0. The highest BCUT2D eigenvalue weighted by Gasteiger charge is 2.90. The zero-order valence-corrected chi connectivity index (χ0v) is 10.5. The smallest absolute Gasteiger partial charge is 0.336 e. The molecule has 1 saturated carbocycles. The molecule has 1 N–H and O–H groups in total. The van der Waals surface area contributed by atoms with Crippen molar-refractivity contribution >= 4 is 0 Å². The van der Waals surface area contributed by atoms with E-state index in [1.807, 2.05) is 0 Å². The van der Waals surface area contributed by atoms with E-state index in [-0.39, 0.29) is 12.8 Å². The van der Waals surface area contributed by atoms with E-state index in [0.29, 0.717) is 0 Å². The van der Waals surface area contributed by atoms with Crippen LogP contribution in [-0.2, 0) is 9.47 Å². The van der Waals surface area contributed by atoms with Gasteiger partial charge in [-0.15, -0.1) is 0 Å². The van der Waals surface area contributed by atoms with E-state index in [9.17, 15) is 39.5 Å². The van der Waals surface area contributed by atoms with E-state index in [2.05, 4.69) is 9.47 Å². The molecule has 22 heavy (non-hydrogen) atoms. The van der Waals surface area contributed by atoms with Crippen LogP contribution in [0.1, 0.15) is 25.7 Å². The second-order valence-corrected chi connectivity index (χ2v) is 5.16. The summed E-state index contributed by atoms with van der Waals surface area (Å²) in [6.45, 7) is 0.